The molecule has 4 rings (SSSR count). The van der Waals surface area contributed by atoms with Gasteiger partial charge in [0.1, 0.15) is 11.9 Å². The van der Waals surface area contributed by atoms with E-state index in [2.05, 4.69) is 69.2 Å². The zero-order chi connectivity index (χ0) is 36.1. The number of esters is 1. The van der Waals surface area contributed by atoms with Gasteiger partial charge in [0.2, 0.25) is 0 Å². The minimum Gasteiger partial charge on any atom is -0.459 e. The molecule has 4 saturated heterocycles. The molecule has 0 aliphatic carbocycles. The van der Waals surface area contributed by atoms with Crippen molar-refractivity contribution in [3.63, 3.8) is 0 Å². The van der Waals surface area contributed by atoms with Crippen molar-refractivity contribution in [2.45, 2.75) is 177 Å². The Bertz CT molecular complexity index is 1120. The van der Waals surface area contributed by atoms with Gasteiger partial charge in [-0.1, -0.05) is 76.2 Å². The number of hydrogen-bond acceptors (Lipinski definition) is 9. The third-order valence-electron chi connectivity index (χ3n) is 13.0. The summed E-state index contributed by atoms with van der Waals surface area (Å²) in [6.45, 7) is 29.3. The van der Waals surface area contributed by atoms with Crippen LogP contribution >= 0.6 is 0 Å². The van der Waals surface area contributed by atoms with Gasteiger partial charge in [-0.05, 0) is 62.7 Å². The quantitative estimate of drug-likeness (QED) is 0.243. The lowest BCUT2D eigenvalue weighted by Gasteiger charge is -2.49. The Hall–Kier alpha value is -1.10. The van der Waals surface area contributed by atoms with Crippen LogP contribution < -0.4 is 0 Å². The maximum absolute atomic E-state index is 14.2. The maximum atomic E-state index is 14.2. The average molecular weight is 681 g/mol. The molecule has 2 unspecified atom stereocenters. The second-order valence-electron chi connectivity index (χ2n) is 17.8. The number of ketones is 1. The van der Waals surface area contributed by atoms with Crippen molar-refractivity contribution in [3.05, 3.63) is 0 Å². The third-order valence-corrected chi connectivity index (χ3v) is 13.0. The molecule has 4 aliphatic heterocycles. The Kier molecular flexibility index (Phi) is 12.3. The molecule has 9 heteroatoms. The van der Waals surface area contributed by atoms with E-state index in [1.54, 1.807) is 6.92 Å². The third kappa shape index (κ3) is 8.02. The fraction of sp³-hybridized carbons (Fsp3) is 0.949. The Balaban J connectivity index is 1.79. The monoisotopic (exact) mass is 680 g/mol. The molecule has 0 aromatic rings. The molecular formula is C39H68O9. The fourth-order valence-electron chi connectivity index (χ4n) is 9.09. The molecule has 16 atom stereocenters. The lowest BCUT2D eigenvalue weighted by Crippen LogP contribution is -2.55. The van der Waals surface area contributed by atoms with Gasteiger partial charge in [0.25, 0.3) is 0 Å². The van der Waals surface area contributed by atoms with Crippen LogP contribution in [0.4, 0.5) is 0 Å². The van der Waals surface area contributed by atoms with Crippen molar-refractivity contribution in [2.75, 3.05) is 6.61 Å². The topological polar surface area (TPSA) is 113 Å². The number of aliphatic hydroxyl groups excluding tert-OH is 1. The first-order valence-corrected chi connectivity index (χ1v) is 18.8. The summed E-state index contributed by atoms with van der Waals surface area (Å²) in [6.07, 6.45) is -1.26. The molecule has 0 saturated carbocycles. The molecule has 1 N–H and O–H groups in total. The summed E-state index contributed by atoms with van der Waals surface area (Å²) >= 11 is 0. The summed E-state index contributed by atoms with van der Waals surface area (Å²) in [5.41, 5.74) is -1.68. The van der Waals surface area contributed by atoms with E-state index in [0.29, 0.717) is 31.1 Å². The number of aliphatic hydroxyl groups is 1. The molecule has 278 valence electrons. The highest BCUT2D eigenvalue weighted by Gasteiger charge is 2.61. The normalized spacial score (nSPS) is 48.9. The molecule has 4 fully saturated rings. The standard InChI is InChI=1S/C39H68O9/c1-15-29-39(19-43-39)33(41)24(6)31(40)21(3)17-38(13,14)34(48-36-23(5)20(2)16-22(4)44-36)25(7)32(26(8)35(42)46-29)47-30-18-37(11,12)27(9)28(10)45-30/h20-30,32-34,36,41H,15-19H2,1-14H3/t20-,21+,22+,23+,24-,25-,26+,27-,28-,29+,30?,32-,33+,34+,36?,39+/m0/s1. The average Bonchev–Trinajstić information content (AvgIpc) is 3.81. The molecular weight excluding hydrogens is 612 g/mol. The number of carbonyl (C=O) groups is 2. The van der Waals surface area contributed by atoms with Crippen LogP contribution in [0.5, 0.6) is 0 Å². The van der Waals surface area contributed by atoms with Crippen molar-refractivity contribution < 1.29 is 43.1 Å². The predicted molar refractivity (Wildman–Crippen MR) is 184 cm³/mol. The molecule has 0 amide bonds. The predicted octanol–water partition coefficient (Wildman–Crippen LogP) is 6.96. The number of epoxide rings is 1. The molecule has 1 spiro atoms. The van der Waals surface area contributed by atoms with Crippen molar-refractivity contribution >= 4 is 11.8 Å². The zero-order valence-electron chi connectivity index (χ0n) is 32.4. The van der Waals surface area contributed by atoms with Crippen LogP contribution in [0.15, 0.2) is 0 Å². The minimum absolute atomic E-state index is 0.0236. The first kappa shape index (κ1) is 39.7. The molecule has 0 radical (unpaired) electrons. The van der Waals surface area contributed by atoms with Crippen molar-refractivity contribution in [1.29, 1.82) is 0 Å². The van der Waals surface area contributed by atoms with E-state index in [4.69, 9.17) is 28.4 Å². The Labute approximate surface area is 290 Å². The smallest absolute Gasteiger partial charge is 0.311 e. The fourth-order valence-corrected chi connectivity index (χ4v) is 9.09. The number of Topliss-reactive ketones (excluding diaryl/α,β-unsaturated/α-hetero) is 1. The van der Waals surface area contributed by atoms with Gasteiger partial charge in [0.05, 0.1) is 43.0 Å². The SMILES string of the molecule is CC[C@H]1OC(=O)[C@H](C)[C@@H](OC2CC(C)(C)[C@@H](C)[C@H](C)O2)[C@H](C)[C@@H](OC2O[C@H](C)C[C@H](C)[C@H]2C)C(C)(C)C[C@@H](C)C(=O)[C@H](C)[C@@H](O)[C@@]12CO2. The maximum Gasteiger partial charge on any atom is 0.311 e. The van der Waals surface area contributed by atoms with Crippen LogP contribution in [0.25, 0.3) is 0 Å². The van der Waals surface area contributed by atoms with Crippen LogP contribution in [-0.2, 0) is 38.0 Å². The molecule has 4 aliphatic rings. The van der Waals surface area contributed by atoms with Crippen LogP contribution in [-0.4, -0.2) is 78.3 Å². The Morgan fingerprint density at radius 1 is 0.833 bits per heavy atom. The largest absolute Gasteiger partial charge is 0.459 e. The Morgan fingerprint density at radius 2 is 1.46 bits per heavy atom. The summed E-state index contributed by atoms with van der Waals surface area (Å²) in [6, 6.07) is 0. The number of hydrogen-bond donors (Lipinski definition) is 1. The first-order chi connectivity index (χ1) is 22.2. The second kappa shape index (κ2) is 14.9. The molecule has 0 aromatic heterocycles. The van der Waals surface area contributed by atoms with E-state index in [9.17, 15) is 14.7 Å². The lowest BCUT2D eigenvalue weighted by atomic mass is 9.69. The minimum atomic E-state index is -1.11. The summed E-state index contributed by atoms with van der Waals surface area (Å²) < 4.78 is 39.1. The van der Waals surface area contributed by atoms with Crippen LogP contribution in [0, 0.1) is 52.3 Å². The van der Waals surface area contributed by atoms with Crippen LogP contribution in [0.2, 0.25) is 0 Å². The van der Waals surface area contributed by atoms with Gasteiger partial charge in [-0.2, -0.15) is 0 Å². The molecule has 0 aromatic carbocycles. The van der Waals surface area contributed by atoms with E-state index >= 15 is 0 Å². The van der Waals surface area contributed by atoms with Gasteiger partial charge in [-0.25, -0.2) is 0 Å². The highest BCUT2D eigenvalue weighted by Crippen LogP contribution is 2.47. The first-order valence-electron chi connectivity index (χ1n) is 18.8. The van der Waals surface area contributed by atoms with E-state index < -0.39 is 65.8 Å². The van der Waals surface area contributed by atoms with Gasteiger partial charge in [-0.15, -0.1) is 0 Å². The van der Waals surface area contributed by atoms with Crippen molar-refractivity contribution in [2.24, 2.45) is 52.3 Å². The van der Waals surface area contributed by atoms with Gasteiger partial charge >= 0.3 is 5.97 Å². The van der Waals surface area contributed by atoms with Crippen molar-refractivity contribution in [1.82, 2.24) is 0 Å². The lowest BCUT2D eigenvalue weighted by molar-refractivity contribution is -0.293. The van der Waals surface area contributed by atoms with Crippen LogP contribution in [0.1, 0.15) is 123 Å². The number of rotatable bonds is 5. The van der Waals surface area contributed by atoms with Gasteiger partial charge in [-0.3, -0.25) is 9.59 Å². The van der Waals surface area contributed by atoms with Gasteiger partial charge < -0.3 is 33.5 Å². The summed E-state index contributed by atoms with van der Waals surface area (Å²) in [5.74, 6) is -1.64. The Morgan fingerprint density at radius 3 is 2.02 bits per heavy atom. The van der Waals surface area contributed by atoms with Crippen LogP contribution in [0.3, 0.4) is 0 Å². The van der Waals surface area contributed by atoms with E-state index in [1.165, 1.54) is 0 Å². The summed E-state index contributed by atoms with van der Waals surface area (Å²) in [4.78, 5) is 28.2. The van der Waals surface area contributed by atoms with Crippen molar-refractivity contribution in [3.8, 4) is 0 Å². The number of ether oxygens (including phenoxy) is 6. The zero-order valence-corrected chi connectivity index (χ0v) is 32.4. The van der Waals surface area contributed by atoms with Gasteiger partial charge in [0.15, 0.2) is 18.2 Å². The molecule has 0 bridgehead atoms. The van der Waals surface area contributed by atoms with E-state index in [-0.39, 0.29) is 47.8 Å². The molecule has 9 nitrogen and oxygen atoms in total. The highest BCUT2D eigenvalue weighted by molar-refractivity contribution is 5.83. The second-order valence-corrected chi connectivity index (χ2v) is 17.8. The summed E-state index contributed by atoms with van der Waals surface area (Å²) in [5, 5.41) is 11.6. The van der Waals surface area contributed by atoms with Gasteiger partial charge in [0, 0.05) is 30.1 Å². The van der Waals surface area contributed by atoms with E-state index in [0.717, 1.165) is 6.42 Å². The molecule has 48 heavy (non-hydrogen) atoms. The summed E-state index contributed by atoms with van der Waals surface area (Å²) in [7, 11) is 0. The number of cyclic esters (lactones) is 1. The van der Waals surface area contributed by atoms with E-state index in [1.807, 2.05) is 20.8 Å². The molecule has 4 heterocycles. The number of carbonyl (C=O) groups excluding carboxylic acids is 2. The highest BCUT2D eigenvalue weighted by atomic mass is 16.7.